The molecule has 0 fully saturated rings. The first kappa shape index (κ1) is 15.9. The van der Waals surface area contributed by atoms with E-state index in [0.717, 1.165) is 34.4 Å². The van der Waals surface area contributed by atoms with Crippen molar-refractivity contribution in [3.8, 4) is 11.5 Å². The fourth-order valence-electron chi connectivity index (χ4n) is 2.92. The molecular weight excluding hydrogens is 296 g/mol. The number of hydrogen-bond acceptors (Lipinski definition) is 2. The van der Waals surface area contributed by atoms with Crippen LogP contribution in [0.3, 0.4) is 0 Å². The molecular formula is C22H20O2. The minimum absolute atomic E-state index is 0.278. The van der Waals surface area contributed by atoms with E-state index in [9.17, 15) is 5.11 Å². The Bertz CT molecular complexity index is 844. The van der Waals surface area contributed by atoms with Crippen molar-refractivity contribution in [1.82, 2.24) is 0 Å². The lowest BCUT2D eigenvalue weighted by Gasteiger charge is -2.16. The van der Waals surface area contributed by atoms with Crippen molar-refractivity contribution in [3.05, 3.63) is 89.2 Å². The molecule has 0 bridgehead atoms. The van der Waals surface area contributed by atoms with E-state index >= 15 is 0 Å². The molecule has 1 N–H and O–H groups in total. The molecule has 1 aliphatic rings. The van der Waals surface area contributed by atoms with Gasteiger partial charge in [0.15, 0.2) is 0 Å². The third-order valence-electron chi connectivity index (χ3n) is 4.12. The van der Waals surface area contributed by atoms with Gasteiger partial charge >= 0.3 is 0 Å². The van der Waals surface area contributed by atoms with Crippen LogP contribution in [0.25, 0.3) is 11.1 Å². The van der Waals surface area contributed by atoms with E-state index in [1.165, 1.54) is 5.57 Å². The van der Waals surface area contributed by atoms with Gasteiger partial charge in [0.1, 0.15) is 11.5 Å². The molecule has 0 spiro atoms. The second-order valence-electron chi connectivity index (χ2n) is 5.57. The molecule has 2 nitrogen and oxygen atoms in total. The number of methoxy groups -OCH3 is 1. The average Bonchev–Trinajstić information content (AvgIpc) is 3.15. The van der Waals surface area contributed by atoms with E-state index in [1.54, 1.807) is 19.2 Å². The largest absolute Gasteiger partial charge is 0.508 e. The number of aromatic hydroxyl groups is 1. The Balaban J connectivity index is 2.19. The maximum absolute atomic E-state index is 9.57. The van der Waals surface area contributed by atoms with E-state index in [1.807, 2.05) is 36.4 Å². The summed E-state index contributed by atoms with van der Waals surface area (Å²) in [4.78, 5) is 0. The molecule has 0 heterocycles. The zero-order valence-electron chi connectivity index (χ0n) is 13.9. The summed E-state index contributed by atoms with van der Waals surface area (Å²) in [7, 11) is 1.67. The molecule has 120 valence electrons. The highest BCUT2D eigenvalue weighted by molar-refractivity contribution is 6.00. The third kappa shape index (κ3) is 3.19. The minimum Gasteiger partial charge on any atom is -0.508 e. The molecule has 3 rings (SSSR count). The Hall–Kier alpha value is -2.96. The highest BCUT2D eigenvalue weighted by Crippen LogP contribution is 2.36. The lowest BCUT2D eigenvalue weighted by atomic mass is 9.88. The number of rotatable bonds is 5. The van der Waals surface area contributed by atoms with E-state index in [2.05, 4.69) is 30.9 Å². The molecule has 0 radical (unpaired) electrons. The van der Waals surface area contributed by atoms with Crippen LogP contribution in [0.15, 0.2) is 78.1 Å². The van der Waals surface area contributed by atoms with Gasteiger partial charge in [0.05, 0.1) is 7.11 Å². The first-order valence-electron chi connectivity index (χ1n) is 8.03. The van der Waals surface area contributed by atoms with Gasteiger partial charge in [0.2, 0.25) is 0 Å². The number of phenolic OH excluding ortho intramolecular Hbond substituents is 1. The van der Waals surface area contributed by atoms with Crippen LogP contribution in [0.4, 0.5) is 0 Å². The van der Waals surface area contributed by atoms with Crippen molar-refractivity contribution in [2.75, 3.05) is 7.11 Å². The van der Waals surface area contributed by atoms with Crippen LogP contribution in [-0.4, -0.2) is 12.2 Å². The van der Waals surface area contributed by atoms with Gasteiger partial charge in [-0.3, -0.25) is 0 Å². The number of benzene rings is 2. The second-order valence-corrected chi connectivity index (χ2v) is 5.57. The fourth-order valence-corrected chi connectivity index (χ4v) is 2.92. The van der Waals surface area contributed by atoms with Gasteiger partial charge in [-0.15, -0.1) is 5.73 Å². The monoisotopic (exact) mass is 316 g/mol. The summed E-state index contributed by atoms with van der Waals surface area (Å²) in [5, 5.41) is 9.57. The van der Waals surface area contributed by atoms with Gasteiger partial charge in [-0.25, -0.2) is 0 Å². The first-order valence-corrected chi connectivity index (χ1v) is 8.03. The zero-order valence-corrected chi connectivity index (χ0v) is 13.9. The summed E-state index contributed by atoms with van der Waals surface area (Å²) in [6, 6.07) is 15.5. The van der Waals surface area contributed by atoms with Gasteiger partial charge in [-0.1, -0.05) is 37.3 Å². The van der Waals surface area contributed by atoms with Crippen molar-refractivity contribution >= 4 is 11.1 Å². The zero-order chi connectivity index (χ0) is 16.9. The Labute approximate surface area is 142 Å². The average molecular weight is 316 g/mol. The molecule has 1 aliphatic carbocycles. The molecule has 0 aliphatic heterocycles. The number of ether oxygens (including phenoxy) is 1. The van der Waals surface area contributed by atoms with Gasteiger partial charge in [-0.05, 0) is 59.5 Å². The molecule has 2 heteroatoms. The number of allylic oxidation sites excluding steroid dienone is 5. The summed E-state index contributed by atoms with van der Waals surface area (Å²) in [6.07, 6.45) is 6.90. The van der Waals surface area contributed by atoms with Crippen molar-refractivity contribution in [2.24, 2.45) is 0 Å². The maximum Gasteiger partial charge on any atom is 0.118 e. The highest BCUT2D eigenvalue weighted by atomic mass is 16.5. The Morgan fingerprint density at radius 1 is 1.00 bits per heavy atom. The van der Waals surface area contributed by atoms with Gasteiger partial charge < -0.3 is 9.84 Å². The van der Waals surface area contributed by atoms with Crippen molar-refractivity contribution in [3.63, 3.8) is 0 Å². The standard InChI is InChI=1S/C22H20O2/c1-3-21(16-8-12-19(23)13-9-16)22(17-6-4-5-7-17)18-10-14-20(24-2)15-11-18/h4-6,8-15,23H,3H2,1-2H3/b22-21+. The molecule has 0 atom stereocenters. The predicted molar refractivity (Wildman–Crippen MR) is 98.9 cm³/mol. The first-order chi connectivity index (χ1) is 11.7. The van der Waals surface area contributed by atoms with Crippen LogP contribution in [-0.2, 0) is 0 Å². The molecule has 0 saturated carbocycles. The second kappa shape index (κ2) is 7.08. The normalized spacial score (nSPS) is 13.7. The van der Waals surface area contributed by atoms with Crippen molar-refractivity contribution in [2.45, 2.75) is 13.3 Å². The van der Waals surface area contributed by atoms with Gasteiger partial charge in [-0.2, -0.15) is 0 Å². The van der Waals surface area contributed by atoms with Crippen LogP contribution >= 0.6 is 0 Å². The Morgan fingerprint density at radius 2 is 1.67 bits per heavy atom. The van der Waals surface area contributed by atoms with Crippen LogP contribution in [0.5, 0.6) is 11.5 Å². The van der Waals surface area contributed by atoms with Crippen LogP contribution in [0.1, 0.15) is 24.5 Å². The van der Waals surface area contributed by atoms with Crippen molar-refractivity contribution < 1.29 is 9.84 Å². The van der Waals surface area contributed by atoms with E-state index in [0.29, 0.717) is 0 Å². The minimum atomic E-state index is 0.278. The quantitative estimate of drug-likeness (QED) is 0.593. The summed E-state index contributed by atoms with van der Waals surface area (Å²) in [6.45, 7) is 2.15. The lowest BCUT2D eigenvalue weighted by molar-refractivity contribution is 0.415. The van der Waals surface area contributed by atoms with E-state index in [4.69, 9.17) is 4.74 Å². The lowest BCUT2D eigenvalue weighted by Crippen LogP contribution is -1.94. The Kier molecular flexibility index (Phi) is 4.69. The smallest absolute Gasteiger partial charge is 0.118 e. The molecule has 0 unspecified atom stereocenters. The molecule has 0 saturated heterocycles. The van der Waals surface area contributed by atoms with Crippen LogP contribution < -0.4 is 4.74 Å². The third-order valence-corrected chi connectivity index (χ3v) is 4.12. The highest BCUT2D eigenvalue weighted by Gasteiger charge is 2.14. The SMILES string of the molecule is CC/C(=C(/C1=C=CC=C1)c1ccc(OC)cc1)c1ccc(O)cc1. The van der Waals surface area contributed by atoms with Crippen LogP contribution in [0, 0.1) is 0 Å². The summed E-state index contributed by atoms with van der Waals surface area (Å²) >= 11 is 0. The van der Waals surface area contributed by atoms with Crippen molar-refractivity contribution in [1.29, 1.82) is 0 Å². The van der Waals surface area contributed by atoms with E-state index in [-0.39, 0.29) is 5.75 Å². The maximum atomic E-state index is 9.57. The van der Waals surface area contributed by atoms with Gasteiger partial charge in [0, 0.05) is 11.1 Å². The predicted octanol–water partition coefficient (Wildman–Crippen LogP) is 5.37. The Morgan fingerprint density at radius 3 is 2.21 bits per heavy atom. The summed E-state index contributed by atoms with van der Waals surface area (Å²) in [5.74, 6) is 1.12. The van der Waals surface area contributed by atoms with E-state index < -0.39 is 0 Å². The molecule has 2 aromatic rings. The number of phenols is 1. The summed E-state index contributed by atoms with van der Waals surface area (Å²) in [5.41, 5.74) is 9.02. The van der Waals surface area contributed by atoms with Gasteiger partial charge in [0.25, 0.3) is 0 Å². The summed E-state index contributed by atoms with van der Waals surface area (Å²) < 4.78 is 5.27. The number of hydrogen-bond donors (Lipinski definition) is 1. The molecule has 0 amide bonds. The molecule has 24 heavy (non-hydrogen) atoms. The van der Waals surface area contributed by atoms with Crippen LogP contribution in [0.2, 0.25) is 0 Å². The molecule has 0 aromatic heterocycles. The topological polar surface area (TPSA) is 29.5 Å². The molecule has 2 aromatic carbocycles. The fraction of sp³-hybridized carbons (Fsp3) is 0.136.